The maximum Gasteiger partial charge on any atom is 0.257 e. The number of hydrogen-bond acceptors (Lipinski definition) is 7. The Bertz CT molecular complexity index is 1190. The fraction of sp³-hybridized carbons (Fsp3) is 0.348. The van der Waals surface area contributed by atoms with Crippen LogP contribution in [-0.4, -0.2) is 40.9 Å². The van der Waals surface area contributed by atoms with Crippen molar-refractivity contribution in [3.05, 3.63) is 65.9 Å². The lowest BCUT2D eigenvalue weighted by molar-refractivity contribution is -0.112. The third kappa shape index (κ3) is 6.55. The molecule has 3 rings (SSSR count). The van der Waals surface area contributed by atoms with Gasteiger partial charge >= 0.3 is 0 Å². The van der Waals surface area contributed by atoms with Gasteiger partial charge in [-0.25, -0.2) is 13.4 Å². The van der Waals surface area contributed by atoms with Gasteiger partial charge in [-0.1, -0.05) is 13.8 Å². The zero-order valence-corrected chi connectivity index (χ0v) is 19.9. The standard InChI is InChI=1S/C23H28N4O5S/c1-5-16(3)31-18-7-8-19(32-20-9-10-22(24-15-20)33(29,30)6-2)14-17(13-18)23(28)25-21-11-12-27(4)26-21/h7,9-16H,5-6,8H2,1-4H3,(H,25,26,28). The summed E-state index contributed by atoms with van der Waals surface area (Å²) in [7, 11) is -1.64. The topological polar surface area (TPSA) is 112 Å². The van der Waals surface area contributed by atoms with E-state index in [4.69, 9.17) is 9.47 Å². The van der Waals surface area contributed by atoms with Crippen LogP contribution in [0.2, 0.25) is 0 Å². The fourth-order valence-corrected chi connectivity index (χ4v) is 3.65. The Morgan fingerprint density at radius 2 is 2.03 bits per heavy atom. The minimum Gasteiger partial charge on any atom is -0.491 e. The van der Waals surface area contributed by atoms with Crippen molar-refractivity contribution in [1.82, 2.24) is 14.8 Å². The first-order valence-electron chi connectivity index (χ1n) is 10.7. The SMILES string of the molecule is CCC(C)OC1=CCC(Oc2ccc(S(=O)(=O)CC)nc2)=CC(C(=O)Nc2ccn(C)n2)=C1. The first-order chi connectivity index (χ1) is 15.7. The fourth-order valence-electron chi connectivity index (χ4n) is 2.87. The highest BCUT2D eigenvalue weighted by Crippen LogP contribution is 2.24. The molecule has 0 aromatic carbocycles. The van der Waals surface area contributed by atoms with E-state index in [9.17, 15) is 13.2 Å². The van der Waals surface area contributed by atoms with Gasteiger partial charge in [0.2, 0.25) is 0 Å². The van der Waals surface area contributed by atoms with Crippen LogP contribution in [-0.2, 0) is 26.4 Å². The minimum atomic E-state index is -3.40. The zero-order chi connectivity index (χ0) is 24.0. The molecule has 0 bridgehead atoms. The van der Waals surface area contributed by atoms with E-state index in [2.05, 4.69) is 15.4 Å². The molecule has 1 aliphatic rings. The van der Waals surface area contributed by atoms with E-state index in [1.165, 1.54) is 12.3 Å². The molecule has 0 saturated carbocycles. The second kappa shape index (κ2) is 10.5. The monoisotopic (exact) mass is 472 g/mol. The highest BCUT2D eigenvalue weighted by molar-refractivity contribution is 7.91. The van der Waals surface area contributed by atoms with Crippen molar-refractivity contribution < 1.29 is 22.7 Å². The molecule has 10 heteroatoms. The normalized spacial score (nSPS) is 15.0. The molecule has 176 valence electrons. The number of allylic oxidation sites excluding steroid dienone is 2. The Morgan fingerprint density at radius 3 is 2.64 bits per heavy atom. The Morgan fingerprint density at radius 1 is 1.24 bits per heavy atom. The highest BCUT2D eigenvalue weighted by Gasteiger charge is 2.18. The summed E-state index contributed by atoms with van der Waals surface area (Å²) < 4.78 is 37.4. The average Bonchev–Trinajstić information content (AvgIpc) is 3.09. The van der Waals surface area contributed by atoms with Gasteiger partial charge in [-0.15, -0.1) is 0 Å². The third-order valence-electron chi connectivity index (χ3n) is 4.91. The molecule has 1 unspecified atom stereocenters. The lowest BCUT2D eigenvalue weighted by atomic mass is 10.2. The largest absolute Gasteiger partial charge is 0.491 e. The van der Waals surface area contributed by atoms with E-state index in [0.717, 1.165) is 6.42 Å². The lowest BCUT2D eigenvalue weighted by Gasteiger charge is -2.13. The van der Waals surface area contributed by atoms with E-state index in [-0.39, 0.29) is 22.8 Å². The number of amides is 1. The van der Waals surface area contributed by atoms with Gasteiger partial charge < -0.3 is 14.8 Å². The summed E-state index contributed by atoms with van der Waals surface area (Å²) in [6.07, 6.45) is 9.37. The summed E-state index contributed by atoms with van der Waals surface area (Å²) in [6, 6.07) is 4.64. The quantitative estimate of drug-likeness (QED) is 0.594. The predicted octanol–water partition coefficient (Wildman–Crippen LogP) is 3.54. The average molecular weight is 473 g/mol. The number of hydrogen-bond donors (Lipinski definition) is 1. The number of aromatic nitrogens is 3. The Labute approximate surface area is 193 Å². The number of anilines is 1. The summed E-state index contributed by atoms with van der Waals surface area (Å²) in [5.74, 6) is 1.43. The molecule has 2 aromatic rings. The Hall–Kier alpha value is -3.40. The molecule has 2 heterocycles. The van der Waals surface area contributed by atoms with Crippen LogP contribution in [0.25, 0.3) is 0 Å². The van der Waals surface area contributed by atoms with Crippen molar-refractivity contribution in [2.75, 3.05) is 11.1 Å². The molecule has 0 radical (unpaired) electrons. The van der Waals surface area contributed by atoms with Crippen molar-refractivity contribution >= 4 is 21.6 Å². The van der Waals surface area contributed by atoms with Crippen LogP contribution in [0.3, 0.4) is 0 Å². The molecule has 0 saturated heterocycles. The highest BCUT2D eigenvalue weighted by atomic mass is 32.2. The van der Waals surface area contributed by atoms with Crippen LogP contribution < -0.4 is 10.1 Å². The molecule has 1 N–H and O–H groups in total. The lowest BCUT2D eigenvalue weighted by Crippen LogP contribution is -2.15. The second-order valence-corrected chi connectivity index (χ2v) is 9.75. The van der Waals surface area contributed by atoms with Gasteiger partial charge in [0.05, 0.1) is 18.1 Å². The number of sulfone groups is 1. The molecular formula is C23H28N4O5S. The number of carbonyl (C=O) groups excluding carboxylic acids is 1. The summed E-state index contributed by atoms with van der Waals surface area (Å²) >= 11 is 0. The van der Waals surface area contributed by atoms with Crippen molar-refractivity contribution in [2.24, 2.45) is 7.05 Å². The van der Waals surface area contributed by atoms with E-state index in [1.807, 2.05) is 19.9 Å². The number of nitrogens with zero attached hydrogens (tertiary/aromatic N) is 3. The van der Waals surface area contributed by atoms with Gasteiger partial charge in [-0.2, -0.15) is 5.10 Å². The molecular weight excluding hydrogens is 444 g/mol. The van der Waals surface area contributed by atoms with Gasteiger partial charge in [0.15, 0.2) is 20.7 Å². The Kier molecular flexibility index (Phi) is 7.70. The predicted molar refractivity (Wildman–Crippen MR) is 124 cm³/mol. The smallest absolute Gasteiger partial charge is 0.257 e. The van der Waals surface area contributed by atoms with Crippen LogP contribution in [0.5, 0.6) is 5.75 Å². The van der Waals surface area contributed by atoms with Crippen LogP contribution in [0.15, 0.2) is 70.9 Å². The summed E-state index contributed by atoms with van der Waals surface area (Å²) in [5, 5.41) is 6.93. The molecule has 2 aromatic heterocycles. The number of rotatable bonds is 9. The first kappa shape index (κ1) is 24.2. The van der Waals surface area contributed by atoms with Gasteiger partial charge in [0.25, 0.3) is 5.91 Å². The molecule has 0 fully saturated rings. The van der Waals surface area contributed by atoms with Crippen LogP contribution in [0.4, 0.5) is 5.82 Å². The minimum absolute atomic E-state index is 0.00773. The van der Waals surface area contributed by atoms with E-state index >= 15 is 0 Å². The number of pyridine rings is 1. The molecule has 1 atom stereocenters. The summed E-state index contributed by atoms with van der Waals surface area (Å²) in [4.78, 5) is 16.9. The molecule has 0 aliphatic heterocycles. The third-order valence-corrected chi connectivity index (χ3v) is 6.54. The van der Waals surface area contributed by atoms with Crippen molar-refractivity contribution in [1.29, 1.82) is 0 Å². The van der Waals surface area contributed by atoms with Gasteiger partial charge in [0, 0.05) is 31.3 Å². The Balaban J connectivity index is 1.84. The maximum atomic E-state index is 12.9. The second-order valence-electron chi connectivity index (χ2n) is 7.52. The van der Waals surface area contributed by atoms with E-state index < -0.39 is 9.84 Å². The van der Waals surface area contributed by atoms with Crippen molar-refractivity contribution in [3.8, 4) is 5.75 Å². The maximum absolute atomic E-state index is 12.9. The number of carbonyl (C=O) groups is 1. The van der Waals surface area contributed by atoms with Gasteiger partial charge in [-0.05, 0) is 43.7 Å². The van der Waals surface area contributed by atoms with Crippen LogP contribution in [0.1, 0.15) is 33.6 Å². The van der Waals surface area contributed by atoms with Crippen LogP contribution in [0, 0.1) is 0 Å². The molecule has 33 heavy (non-hydrogen) atoms. The number of ether oxygens (including phenoxy) is 2. The zero-order valence-electron chi connectivity index (χ0n) is 19.1. The number of nitrogens with one attached hydrogen (secondary N) is 1. The van der Waals surface area contributed by atoms with Gasteiger partial charge in [-0.3, -0.25) is 9.48 Å². The first-order valence-corrected chi connectivity index (χ1v) is 12.3. The van der Waals surface area contributed by atoms with Crippen molar-refractivity contribution in [3.63, 3.8) is 0 Å². The molecule has 1 aliphatic carbocycles. The number of aryl methyl sites for hydroxylation is 1. The van der Waals surface area contributed by atoms with Crippen LogP contribution >= 0.6 is 0 Å². The summed E-state index contributed by atoms with van der Waals surface area (Å²) in [6.45, 7) is 5.53. The molecule has 1 amide bonds. The van der Waals surface area contributed by atoms with Crippen molar-refractivity contribution in [2.45, 2.75) is 44.7 Å². The van der Waals surface area contributed by atoms with E-state index in [0.29, 0.717) is 35.1 Å². The summed E-state index contributed by atoms with van der Waals surface area (Å²) in [5.41, 5.74) is 0.334. The van der Waals surface area contributed by atoms with E-state index in [1.54, 1.807) is 49.1 Å². The van der Waals surface area contributed by atoms with Gasteiger partial charge in [0.1, 0.15) is 17.3 Å². The molecule has 0 spiro atoms. The molecule has 9 nitrogen and oxygen atoms in total.